The predicted molar refractivity (Wildman–Crippen MR) is 65.2 cm³/mol. The molecule has 0 spiro atoms. The second-order valence-electron chi connectivity index (χ2n) is 4.12. The average Bonchev–Trinajstić information content (AvgIpc) is 2.84. The minimum Gasteiger partial charge on any atom is -0.399 e. The molecule has 1 aliphatic rings. The Bertz CT molecular complexity index is 674. The van der Waals surface area contributed by atoms with Gasteiger partial charge < -0.3 is 5.73 Å². The lowest BCUT2D eigenvalue weighted by Crippen LogP contribution is -2.28. The number of nitrogens with two attached hydrogens (primary N) is 1. The van der Waals surface area contributed by atoms with E-state index in [1.54, 1.807) is 25.4 Å². The van der Waals surface area contributed by atoms with Crippen molar-refractivity contribution < 1.29 is 9.59 Å². The van der Waals surface area contributed by atoms with Crippen molar-refractivity contribution in [3.05, 3.63) is 41.7 Å². The van der Waals surface area contributed by atoms with E-state index in [0.717, 1.165) is 4.90 Å². The van der Waals surface area contributed by atoms with Crippen molar-refractivity contribution in [1.29, 1.82) is 0 Å². The molecule has 6 heteroatoms. The highest BCUT2D eigenvalue weighted by atomic mass is 16.2. The topological polar surface area (TPSA) is 81.2 Å². The van der Waals surface area contributed by atoms with Gasteiger partial charge in [0.15, 0.2) is 0 Å². The van der Waals surface area contributed by atoms with Crippen molar-refractivity contribution in [3.63, 3.8) is 0 Å². The minimum atomic E-state index is -0.365. The molecule has 1 aromatic carbocycles. The maximum atomic E-state index is 12.2. The van der Waals surface area contributed by atoms with Crippen LogP contribution in [-0.2, 0) is 7.05 Å². The van der Waals surface area contributed by atoms with Crippen molar-refractivity contribution in [1.82, 2.24) is 9.78 Å². The number of amides is 2. The number of aryl methyl sites for hydroxylation is 1. The molecular formula is C12H10N4O2. The van der Waals surface area contributed by atoms with Gasteiger partial charge in [-0.2, -0.15) is 5.10 Å². The molecule has 0 atom stereocenters. The van der Waals surface area contributed by atoms with Crippen LogP contribution in [0.1, 0.15) is 20.7 Å². The van der Waals surface area contributed by atoms with Crippen LogP contribution in [0.5, 0.6) is 0 Å². The smallest absolute Gasteiger partial charge is 0.266 e. The van der Waals surface area contributed by atoms with E-state index in [0.29, 0.717) is 22.5 Å². The van der Waals surface area contributed by atoms with Gasteiger partial charge in [0.05, 0.1) is 23.0 Å². The van der Waals surface area contributed by atoms with E-state index in [2.05, 4.69) is 5.10 Å². The number of anilines is 2. The standard InChI is InChI=1S/C12H10N4O2/c1-15-6-8(5-14-15)16-11(17)9-3-2-7(13)4-10(9)12(16)18/h2-6H,13H2,1H3. The SMILES string of the molecule is Cn1cc(N2C(=O)c3ccc(N)cc3C2=O)cn1. The maximum absolute atomic E-state index is 12.2. The lowest BCUT2D eigenvalue weighted by atomic mass is 10.1. The van der Waals surface area contributed by atoms with Crippen LogP contribution in [-0.4, -0.2) is 21.6 Å². The largest absolute Gasteiger partial charge is 0.399 e. The molecule has 2 amide bonds. The van der Waals surface area contributed by atoms with Crippen LogP contribution in [0.15, 0.2) is 30.6 Å². The number of imide groups is 1. The molecule has 0 fully saturated rings. The summed E-state index contributed by atoms with van der Waals surface area (Å²) in [6, 6.07) is 4.70. The summed E-state index contributed by atoms with van der Waals surface area (Å²) in [5, 5.41) is 3.96. The summed E-state index contributed by atoms with van der Waals surface area (Å²) in [5.41, 5.74) is 7.26. The molecule has 0 unspecified atom stereocenters. The molecule has 0 saturated heterocycles. The summed E-state index contributed by atoms with van der Waals surface area (Å²) in [6.07, 6.45) is 3.09. The van der Waals surface area contributed by atoms with E-state index in [-0.39, 0.29) is 11.8 Å². The Morgan fingerprint density at radius 1 is 1.17 bits per heavy atom. The summed E-state index contributed by atoms with van der Waals surface area (Å²) in [5.74, 6) is -0.710. The van der Waals surface area contributed by atoms with Gasteiger partial charge in [-0.1, -0.05) is 0 Å². The second kappa shape index (κ2) is 3.43. The lowest BCUT2D eigenvalue weighted by molar-refractivity contribution is 0.0926. The first-order valence-corrected chi connectivity index (χ1v) is 5.35. The molecule has 1 aliphatic heterocycles. The predicted octanol–water partition coefficient (Wildman–Crippen LogP) is 0.803. The van der Waals surface area contributed by atoms with Crippen molar-refractivity contribution in [3.8, 4) is 0 Å². The van der Waals surface area contributed by atoms with E-state index in [9.17, 15) is 9.59 Å². The Morgan fingerprint density at radius 3 is 2.56 bits per heavy atom. The Kier molecular flexibility index (Phi) is 2.00. The first kappa shape index (κ1) is 10.5. The summed E-state index contributed by atoms with van der Waals surface area (Å²) >= 11 is 0. The van der Waals surface area contributed by atoms with E-state index in [1.165, 1.54) is 16.9 Å². The maximum Gasteiger partial charge on any atom is 0.266 e. The number of carbonyl (C=O) groups is 2. The fourth-order valence-electron chi connectivity index (χ4n) is 2.02. The molecule has 0 saturated carbocycles. The van der Waals surface area contributed by atoms with Crippen LogP contribution in [0.3, 0.4) is 0 Å². The monoisotopic (exact) mass is 242 g/mol. The number of nitrogen functional groups attached to an aromatic ring is 1. The molecule has 0 bridgehead atoms. The van der Waals surface area contributed by atoms with Crippen LogP contribution < -0.4 is 10.6 Å². The average molecular weight is 242 g/mol. The van der Waals surface area contributed by atoms with E-state index in [4.69, 9.17) is 5.73 Å². The Balaban J connectivity index is 2.12. The molecular weight excluding hydrogens is 232 g/mol. The fourth-order valence-corrected chi connectivity index (χ4v) is 2.02. The Morgan fingerprint density at radius 2 is 1.89 bits per heavy atom. The number of nitrogens with zero attached hydrogens (tertiary/aromatic N) is 3. The van der Waals surface area contributed by atoms with Gasteiger partial charge in [0.2, 0.25) is 0 Å². The summed E-state index contributed by atoms with van der Waals surface area (Å²) in [6.45, 7) is 0. The van der Waals surface area contributed by atoms with Crippen LogP contribution in [0.4, 0.5) is 11.4 Å². The number of fused-ring (bicyclic) bond motifs is 1. The first-order chi connectivity index (χ1) is 8.58. The Hall–Kier alpha value is -2.63. The number of aromatic nitrogens is 2. The number of hydrogen-bond acceptors (Lipinski definition) is 4. The van der Waals surface area contributed by atoms with Crippen LogP contribution in [0.2, 0.25) is 0 Å². The molecule has 0 radical (unpaired) electrons. The number of hydrogen-bond donors (Lipinski definition) is 1. The van der Waals surface area contributed by atoms with E-state index in [1.807, 2.05) is 0 Å². The summed E-state index contributed by atoms with van der Waals surface area (Å²) < 4.78 is 1.53. The first-order valence-electron chi connectivity index (χ1n) is 5.35. The molecule has 2 N–H and O–H groups in total. The van der Waals surface area contributed by atoms with Gasteiger partial charge in [-0.05, 0) is 18.2 Å². The van der Waals surface area contributed by atoms with Crippen LogP contribution in [0, 0.1) is 0 Å². The lowest BCUT2D eigenvalue weighted by Gasteiger charge is -2.09. The Labute approximate surface area is 103 Å². The van der Waals surface area contributed by atoms with Gasteiger partial charge >= 0.3 is 0 Å². The van der Waals surface area contributed by atoms with Gasteiger partial charge in [0.1, 0.15) is 0 Å². The normalized spacial score (nSPS) is 14.2. The van der Waals surface area contributed by atoms with E-state index >= 15 is 0 Å². The van der Waals surface area contributed by atoms with Gasteiger partial charge in [0, 0.05) is 18.9 Å². The van der Waals surface area contributed by atoms with Crippen molar-refractivity contribution in [2.24, 2.45) is 7.05 Å². The molecule has 1 aromatic heterocycles. The highest BCUT2D eigenvalue weighted by Gasteiger charge is 2.37. The van der Waals surface area contributed by atoms with Crippen molar-refractivity contribution >= 4 is 23.2 Å². The number of benzene rings is 1. The fraction of sp³-hybridized carbons (Fsp3) is 0.0833. The zero-order valence-corrected chi connectivity index (χ0v) is 9.62. The van der Waals surface area contributed by atoms with Gasteiger partial charge in [-0.3, -0.25) is 14.3 Å². The van der Waals surface area contributed by atoms with Crippen molar-refractivity contribution in [2.75, 3.05) is 10.6 Å². The number of carbonyl (C=O) groups excluding carboxylic acids is 2. The third-order valence-corrected chi connectivity index (χ3v) is 2.86. The third kappa shape index (κ3) is 1.32. The molecule has 3 rings (SSSR count). The molecule has 18 heavy (non-hydrogen) atoms. The van der Waals surface area contributed by atoms with Crippen molar-refractivity contribution in [2.45, 2.75) is 0 Å². The quantitative estimate of drug-likeness (QED) is 0.592. The molecule has 90 valence electrons. The molecule has 2 heterocycles. The zero-order chi connectivity index (χ0) is 12.9. The number of rotatable bonds is 1. The molecule has 6 nitrogen and oxygen atoms in total. The third-order valence-electron chi connectivity index (χ3n) is 2.86. The molecule has 2 aromatic rings. The second-order valence-corrected chi connectivity index (χ2v) is 4.12. The van der Waals surface area contributed by atoms with E-state index < -0.39 is 0 Å². The van der Waals surface area contributed by atoms with Gasteiger partial charge in [-0.25, -0.2) is 4.90 Å². The minimum absolute atomic E-state index is 0.337. The van der Waals surface area contributed by atoms with Crippen LogP contribution >= 0.6 is 0 Å². The summed E-state index contributed by atoms with van der Waals surface area (Å²) in [7, 11) is 1.72. The highest BCUT2D eigenvalue weighted by molar-refractivity contribution is 6.34. The highest BCUT2D eigenvalue weighted by Crippen LogP contribution is 2.28. The molecule has 0 aliphatic carbocycles. The zero-order valence-electron chi connectivity index (χ0n) is 9.62. The summed E-state index contributed by atoms with van der Waals surface area (Å²) in [4.78, 5) is 25.4. The van der Waals surface area contributed by atoms with Gasteiger partial charge in [0.25, 0.3) is 11.8 Å². The van der Waals surface area contributed by atoms with Gasteiger partial charge in [-0.15, -0.1) is 0 Å². The van der Waals surface area contributed by atoms with Crippen LogP contribution in [0.25, 0.3) is 0 Å².